The molecule has 0 aromatic carbocycles. The van der Waals surface area contributed by atoms with Crippen LogP contribution in [0.4, 0.5) is 0 Å². The van der Waals surface area contributed by atoms with E-state index in [4.69, 9.17) is 0 Å². The highest BCUT2D eigenvalue weighted by atomic mass is 16.1. The van der Waals surface area contributed by atoms with E-state index in [0.717, 1.165) is 45.6 Å². The van der Waals surface area contributed by atoms with Crippen LogP contribution in [-0.2, 0) is 13.1 Å². The molecule has 0 saturated heterocycles. The van der Waals surface area contributed by atoms with Gasteiger partial charge < -0.3 is 10.2 Å². The highest BCUT2D eigenvalue weighted by Gasteiger charge is 2.01. The Balaban J connectivity index is 2.21. The zero-order chi connectivity index (χ0) is 13.4. The van der Waals surface area contributed by atoms with Crippen LogP contribution < -0.4 is 11.0 Å². The SMILES string of the molecule is CCCn1ccn(CCNCCCN(C)C)c1=O. The van der Waals surface area contributed by atoms with Crippen molar-refractivity contribution in [1.29, 1.82) is 0 Å². The molecule has 5 heteroatoms. The van der Waals surface area contributed by atoms with Crippen LogP contribution in [0.5, 0.6) is 0 Å². The summed E-state index contributed by atoms with van der Waals surface area (Å²) in [7, 11) is 4.16. The van der Waals surface area contributed by atoms with E-state index < -0.39 is 0 Å². The van der Waals surface area contributed by atoms with Crippen LogP contribution in [0.1, 0.15) is 19.8 Å². The van der Waals surface area contributed by atoms with Crippen molar-refractivity contribution in [1.82, 2.24) is 19.4 Å². The quantitative estimate of drug-likeness (QED) is 0.656. The number of nitrogens with one attached hydrogen (secondary N) is 1. The second-order valence-electron chi connectivity index (χ2n) is 4.87. The molecule has 0 spiro atoms. The molecule has 0 aliphatic rings. The maximum atomic E-state index is 11.9. The minimum absolute atomic E-state index is 0.104. The molecule has 1 aromatic rings. The number of imidazole rings is 1. The number of aryl methyl sites for hydroxylation is 1. The molecular formula is C13H26N4O. The Hall–Kier alpha value is -1.07. The topological polar surface area (TPSA) is 42.2 Å². The normalized spacial score (nSPS) is 11.3. The first-order chi connectivity index (χ1) is 8.65. The van der Waals surface area contributed by atoms with Gasteiger partial charge in [-0.25, -0.2) is 4.79 Å². The molecule has 0 aliphatic carbocycles. The largest absolute Gasteiger partial charge is 0.328 e. The fraction of sp³-hybridized carbons (Fsp3) is 0.769. The first-order valence-corrected chi connectivity index (χ1v) is 6.76. The maximum Gasteiger partial charge on any atom is 0.328 e. The lowest BCUT2D eigenvalue weighted by Gasteiger charge is -2.09. The van der Waals surface area contributed by atoms with Crippen LogP contribution in [0.2, 0.25) is 0 Å². The van der Waals surface area contributed by atoms with E-state index in [-0.39, 0.29) is 5.69 Å². The van der Waals surface area contributed by atoms with E-state index in [0.29, 0.717) is 0 Å². The van der Waals surface area contributed by atoms with Crippen LogP contribution in [0.15, 0.2) is 17.2 Å². The zero-order valence-corrected chi connectivity index (χ0v) is 11.9. The molecule has 0 aliphatic heterocycles. The average Bonchev–Trinajstić information content (AvgIpc) is 2.66. The van der Waals surface area contributed by atoms with Crippen molar-refractivity contribution >= 4 is 0 Å². The van der Waals surface area contributed by atoms with Gasteiger partial charge in [-0.05, 0) is 40.0 Å². The number of rotatable bonds is 9. The third-order valence-electron chi connectivity index (χ3n) is 2.87. The second kappa shape index (κ2) is 8.11. The molecule has 1 rings (SSSR count). The fourth-order valence-electron chi connectivity index (χ4n) is 1.88. The molecule has 0 atom stereocenters. The highest BCUT2D eigenvalue weighted by molar-refractivity contribution is 4.81. The van der Waals surface area contributed by atoms with E-state index in [1.165, 1.54) is 0 Å². The molecule has 0 amide bonds. The number of hydrogen-bond donors (Lipinski definition) is 1. The molecule has 5 nitrogen and oxygen atoms in total. The van der Waals surface area contributed by atoms with E-state index >= 15 is 0 Å². The lowest BCUT2D eigenvalue weighted by atomic mass is 10.4. The number of aromatic nitrogens is 2. The van der Waals surface area contributed by atoms with Crippen molar-refractivity contribution in [2.75, 3.05) is 33.7 Å². The maximum absolute atomic E-state index is 11.9. The molecule has 18 heavy (non-hydrogen) atoms. The Bertz CT molecular complexity index is 381. The Morgan fingerprint density at radius 3 is 2.44 bits per heavy atom. The van der Waals surface area contributed by atoms with E-state index in [1.54, 1.807) is 9.13 Å². The van der Waals surface area contributed by atoms with Crippen LogP contribution in [0.3, 0.4) is 0 Å². The second-order valence-corrected chi connectivity index (χ2v) is 4.87. The number of hydrogen-bond acceptors (Lipinski definition) is 3. The van der Waals surface area contributed by atoms with Crippen molar-refractivity contribution < 1.29 is 0 Å². The molecule has 1 N–H and O–H groups in total. The first-order valence-electron chi connectivity index (χ1n) is 6.76. The van der Waals surface area contributed by atoms with Crippen molar-refractivity contribution in [3.8, 4) is 0 Å². The summed E-state index contributed by atoms with van der Waals surface area (Å²) >= 11 is 0. The first kappa shape index (κ1) is 15.0. The van der Waals surface area contributed by atoms with Gasteiger partial charge in [-0.2, -0.15) is 0 Å². The summed E-state index contributed by atoms with van der Waals surface area (Å²) in [5.41, 5.74) is 0.104. The van der Waals surface area contributed by atoms with E-state index in [1.807, 2.05) is 12.4 Å². The lowest BCUT2D eigenvalue weighted by Crippen LogP contribution is -2.29. The molecule has 0 radical (unpaired) electrons. The van der Waals surface area contributed by atoms with Crippen molar-refractivity contribution in [2.24, 2.45) is 0 Å². The van der Waals surface area contributed by atoms with Crippen molar-refractivity contribution in [3.05, 3.63) is 22.9 Å². The predicted octanol–water partition coefficient (Wildman–Crippen LogP) is 0.601. The minimum Gasteiger partial charge on any atom is -0.315 e. The summed E-state index contributed by atoms with van der Waals surface area (Å²) in [4.78, 5) is 14.0. The molecule has 1 aromatic heterocycles. The van der Waals surface area contributed by atoms with Crippen LogP contribution in [0, 0.1) is 0 Å². The summed E-state index contributed by atoms with van der Waals surface area (Å²) in [6.07, 6.45) is 5.88. The zero-order valence-electron chi connectivity index (χ0n) is 11.9. The van der Waals surface area contributed by atoms with Gasteiger partial charge in [0.25, 0.3) is 0 Å². The summed E-state index contributed by atoms with van der Waals surface area (Å²) < 4.78 is 3.54. The molecule has 104 valence electrons. The van der Waals surface area contributed by atoms with E-state index in [2.05, 4.69) is 31.2 Å². The Kier molecular flexibility index (Phi) is 6.75. The monoisotopic (exact) mass is 254 g/mol. The molecule has 0 fully saturated rings. The fourth-order valence-corrected chi connectivity index (χ4v) is 1.88. The van der Waals surface area contributed by atoms with Crippen LogP contribution >= 0.6 is 0 Å². The van der Waals surface area contributed by atoms with Gasteiger partial charge in [-0.3, -0.25) is 9.13 Å². The minimum atomic E-state index is 0.104. The van der Waals surface area contributed by atoms with Gasteiger partial charge in [0.05, 0.1) is 0 Å². The molecular weight excluding hydrogens is 228 g/mol. The summed E-state index contributed by atoms with van der Waals surface area (Å²) in [5, 5.41) is 3.36. The summed E-state index contributed by atoms with van der Waals surface area (Å²) in [5.74, 6) is 0. The molecule has 0 saturated carbocycles. The van der Waals surface area contributed by atoms with Crippen molar-refractivity contribution in [2.45, 2.75) is 32.9 Å². The van der Waals surface area contributed by atoms with Gasteiger partial charge in [0.1, 0.15) is 0 Å². The van der Waals surface area contributed by atoms with Gasteiger partial charge in [0, 0.05) is 32.0 Å². The molecule has 0 bridgehead atoms. The van der Waals surface area contributed by atoms with Gasteiger partial charge in [0.2, 0.25) is 0 Å². The van der Waals surface area contributed by atoms with Gasteiger partial charge in [0.15, 0.2) is 0 Å². The van der Waals surface area contributed by atoms with Crippen LogP contribution in [0.25, 0.3) is 0 Å². The highest BCUT2D eigenvalue weighted by Crippen LogP contribution is 1.88. The van der Waals surface area contributed by atoms with Crippen LogP contribution in [-0.4, -0.2) is 47.8 Å². The Morgan fingerprint density at radius 1 is 1.17 bits per heavy atom. The van der Waals surface area contributed by atoms with Gasteiger partial charge >= 0.3 is 5.69 Å². The number of nitrogens with zero attached hydrogens (tertiary/aromatic N) is 3. The van der Waals surface area contributed by atoms with Gasteiger partial charge in [-0.15, -0.1) is 0 Å². The lowest BCUT2D eigenvalue weighted by molar-refractivity contribution is 0.393. The predicted molar refractivity (Wildman–Crippen MR) is 75.0 cm³/mol. The molecule has 0 unspecified atom stereocenters. The van der Waals surface area contributed by atoms with E-state index in [9.17, 15) is 4.79 Å². The standard InChI is InChI=1S/C13H26N4O/c1-4-8-16-11-12-17(13(16)18)10-7-14-6-5-9-15(2)3/h11-12,14H,4-10H2,1-3H3. The van der Waals surface area contributed by atoms with Crippen molar-refractivity contribution in [3.63, 3.8) is 0 Å². The third kappa shape index (κ3) is 5.06. The summed E-state index contributed by atoms with van der Waals surface area (Å²) in [6.45, 7) is 6.58. The smallest absolute Gasteiger partial charge is 0.315 e. The Morgan fingerprint density at radius 2 is 1.83 bits per heavy atom. The molecule has 1 heterocycles. The third-order valence-corrected chi connectivity index (χ3v) is 2.87. The van der Waals surface area contributed by atoms with Gasteiger partial charge in [-0.1, -0.05) is 6.92 Å². The Labute approximate surface area is 109 Å². The summed E-state index contributed by atoms with van der Waals surface area (Å²) in [6, 6.07) is 0. The average molecular weight is 254 g/mol.